The first kappa shape index (κ1) is 9.53. The molecule has 0 saturated heterocycles. The molecule has 1 unspecified atom stereocenters. The van der Waals surface area contributed by atoms with Gasteiger partial charge in [0.05, 0.1) is 6.04 Å². The van der Waals surface area contributed by atoms with E-state index < -0.39 is 0 Å². The van der Waals surface area contributed by atoms with Gasteiger partial charge >= 0.3 is 0 Å². The largest absolute Gasteiger partial charge is 0.357 e. The lowest BCUT2D eigenvalue weighted by Crippen LogP contribution is -2.24. The second-order valence-corrected chi connectivity index (χ2v) is 4.13. The van der Waals surface area contributed by atoms with Crippen molar-refractivity contribution < 1.29 is 0 Å². The average molecular weight is 209 g/mol. The summed E-state index contributed by atoms with van der Waals surface area (Å²) in [5, 5.41) is 0.767. The van der Waals surface area contributed by atoms with Crippen LogP contribution in [0, 0.1) is 0 Å². The van der Waals surface area contributed by atoms with Gasteiger partial charge in [0.1, 0.15) is 5.84 Å². The second kappa shape index (κ2) is 3.62. The van der Waals surface area contributed by atoms with E-state index in [1.165, 1.54) is 0 Å². The first-order valence-electron chi connectivity index (χ1n) is 4.71. The number of amidine groups is 1. The molecule has 1 aliphatic rings. The van der Waals surface area contributed by atoms with Gasteiger partial charge < -0.3 is 4.90 Å². The van der Waals surface area contributed by atoms with Crippen LogP contribution in [0.2, 0.25) is 5.02 Å². The minimum absolute atomic E-state index is 0.394. The fraction of sp³-hybridized carbons (Fsp3) is 0.364. The van der Waals surface area contributed by atoms with Crippen molar-refractivity contribution in [2.75, 3.05) is 13.6 Å². The summed E-state index contributed by atoms with van der Waals surface area (Å²) in [6.45, 7) is 3.12. The van der Waals surface area contributed by atoms with E-state index in [4.69, 9.17) is 11.6 Å². The molecule has 0 radical (unpaired) electrons. The van der Waals surface area contributed by atoms with Gasteiger partial charge in [0.25, 0.3) is 0 Å². The molecular formula is C11H13ClN2. The Morgan fingerprint density at radius 3 is 2.50 bits per heavy atom. The minimum atomic E-state index is 0.394. The van der Waals surface area contributed by atoms with Crippen LogP contribution in [0.15, 0.2) is 29.3 Å². The van der Waals surface area contributed by atoms with E-state index >= 15 is 0 Å². The molecule has 74 valence electrons. The summed E-state index contributed by atoms with van der Waals surface area (Å²) in [4.78, 5) is 6.74. The van der Waals surface area contributed by atoms with Gasteiger partial charge in [0.15, 0.2) is 0 Å². The normalized spacial score (nSPS) is 21.2. The molecule has 0 N–H and O–H groups in total. The molecule has 1 atom stereocenters. The number of benzene rings is 1. The van der Waals surface area contributed by atoms with Gasteiger partial charge in [-0.3, -0.25) is 4.99 Å². The van der Waals surface area contributed by atoms with E-state index in [1.807, 2.05) is 24.3 Å². The SMILES string of the molecule is CC1CN(C)C(c2ccc(Cl)cc2)=N1. The van der Waals surface area contributed by atoms with Crippen LogP contribution in [0.1, 0.15) is 12.5 Å². The van der Waals surface area contributed by atoms with Crippen molar-refractivity contribution in [1.29, 1.82) is 0 Å². The smallest absolute Gasteiger partial charge is 0.131 e. The van der Waals surface area contributed by atoms with Crippen molar-refractivity contribution in [2.24, 2.45) is 4.99 Å². The van der Waals surface area contributed by atoms with Gasteiger partial charge in [-0.1, -0.05) is 11.6 Å². The Balaban J connectivity index is 2.31. The topological polar surface area (TPSA) is 15.6 Å². The number of hydrogen-bond donors (Lipinski definition) is 0. The van der Waals surface area contributed by atoms with Crippen LogP contribution in [0.4, 0.5) is 0 Å². The molecule has 1 aliphatic heterocycles. The lowest BCUT2D eigenvalue weighted by molar-refractivity contribution is 0.514. The highest BCUT2D eigenvalue weighted by atomic mass is 35.5. The molecule has 0 bridgehead atoms. The fourth-order valence-electron chi connectivity index (χ4n) is 1.72. The van der Waals surface area contributed by atoms with Crippen molar-refractivity contribution in [2.45, 2.75) is 13.0 Å². The number of nitrogens with zero attached hydrogens (tertiary/aromatic N) is 2. The van der Waals surface area contributed by atoms with Gasteiger partial charge in [-0.25, -0.2) is 0 Å². The molecule has 0 saturated carbocycles. The third-order valence-corrected chi connectivity index (χ3v) is 2.60. The maximum absolute atomic E-state index is 5.83. The van der Waals surface area contributed by atoms with Crippen LogP contribution in [0.5, 0.6) is 0 Å². The third kappa shape index (κ3) is 1.75. The zero-order valence-electron chi connectivity index (χ0n) is 8.37. The molecule has 0 aromatic heterocycles. The van der Waals surface area contributed by atoms with Gasteiger partial charge in [0.2, 0.25) is 0 Å². The zero-order valence-corrected chi connectivity index (χ0v) is 9.12. The summed E-state index contributed by atoms with van der Waals surface area (Å²) in [5.74, 6) is 1.06. The predicted molar refractivity (Wildman–Crippen MR) is 60.1 cm³/mol. The Kier molecular flexibility index (Phi) is 2.46. The summed E-state index contributed by atoms with van der Waals surface area (Å²) in [6, 6.07) is 8.21. The number of rotatable bonds is 1. The van der Waals surface area contributed by atoms with E-state index in [9.17, 15) is 0 Å². The summed E-state index contributed by atoms with van der Waals surface area (Å²) >= 11 is 5.83. The first-order chi connectivity index (χ1) is 6.66. The van der Waals surface area contributed by atoms with E-state index in [-0.39, 0.29) is 0 Å². The highest BCUT2D eigenvalue weighted by Gasteiger charge is 2.19. The maximum atomic E-state index is 5.83. The second-order valence-electron chi connectivity index (χ2n) is 3.69. The standard InChI is InChI=1S/C11H13ClN2/c1-8-7-14(2)11(13-8)9-3-5-10(12)6-4-9/h3-6,8H,7H2,1-2H3. The monoisotopic (exact) mass is 208 g/mol. The zero-order chi connectivity index (χ0) is 10.1. The van der Waals surface area contributed by atoms with Crippen molar-refractivity contribution in [3.63, 3.8) is 0 Å². The van der Waals surface area contributed by atoms with Crippen LogP contribution < -0.4 is 0 Å². The van der Waals surface area contributed by atoms with Crippen LogP contribution >= 0.6 is 11.6 Å². The van der Waals surface area contributed by atoms with Crippen molar-refractivity contribution >= 4 is 17.4 Å². The van der Waals surface area contributed by atoms with Crippen LogP contribution in [-0.2, 0) is 0 Å². The molecule has 1 aromatic carbocycles. The predicted octanol–water partition coefficient (Wildman–Crippen LogP) is 2.42. The molecule has 0 fully saturated rings. The Hall–Kier alpha value is -1.02. The van der Waals surface area contributed by atoms with Gasteiger partial charge in [0, 0.05) is 24.2 Å². The van der Waals surface area contributed by atoms with E-state index in [2.05, 4.69) is 23.9 Å². The number of hydrogen-bond acceptors (Lipinski definition) is 2. The maximum Gasteiger partial charge on any atom is 0.131 e. The molecule has 2 rings (SSSR count). The average Bonchev–Trinajstić information content (AvgIpc) is 2.47. The molecule has 1 aromatic rings. The van der Waals surface area contributed by atoms with Crippen LogP contribution in [0.3, 0.4) is 0 Å². The van der Waals surface area contributed by atoms with Gasteiger partial charge in [-0.05, 0) is 31.2 Å². The number of likely N-dealkylation sites (N-methyl/N-ethyl adjacent to an activating group) is 1. The first-order valence-corrected chi connectivity index (χ1v) is 5.09. The number of aliphatic imine (C=N–C) groups is 1. The summed E-state index contributed by atoms with van der Waals surface area (Å²) in [7, 11) is 2.07. The highest BCUT2D eigenvalue weighted by molar-refractivity contribution is 6.30. The molecule has 0 spiro atoms. The van der Waals surface area contributed by atoms with Crippen molar-refractivity contribution in [3.05, 3.63) is 34.9 Å². The fourth-order valence-corrected chi connectivity index (χ4v) is 1.85. The number of halogens is 1. The molecule has 2 nitrogen and oxygen atoms in total. The molecule has 1 heterocycles. The third-order valence-electron chi connectivity index (χ3n) is 2.34. The molecule has 0 amide bonds. The summed E-state index contributed by atoms with van der Waals surface area (Å²) in [6.07, 6.45) is 0. The minimum Gasteiger partial charge on any atom is -0.357 e. The lowest BCUT2D eigenvalue weighted by atomic mass is 10.2. The van der Waals surface area contributed by atoms with Crippen LogP contribution in [0.25, 0.3) is 0 Å². The van der Waals surface area contributed by atoms with E-state index in [1.54, 1.807) is 0 Å². The van der Waals surface area contributed by atoms with Crippen molar-refractivity contribution in [1.82, 2.24) is 4.90 Å². The summed E-state index contributed by atoms with van der Waals surface area (Å²) < 4.78 is 0. The van der Waals surface area contributed by atoms with E-state index in [0.717, 1.165) is 23.0 Å². The highest BCUT2D eigenvalue weighted by Crippen LogP contribution is 2.16. The van der Waals surface area contributed by atoms with E-state index in [0.29, 0.717) is 6.04 Å². The Morgan fingerprint density at radius 1 is 1.36 bits per heavy atom. The van der Waals surface area contributed by atoms with Crippen LogP contribution in [-0.4, -0.2) is 30.4 Å². The summed E-state index contributed by atoms with van der Waals surface area (Å²) in [5.41, 5.74) is 1.14. The molecule has 14 heavy (non-hydrogen) atoms. The Morgan fingerprint density at radius 2 is 2.00 bits per heavy atom. The molecular weight excluding hydrogens is 196 g/mol. The van der Waals surface area contributed by atoms with Gasteiger partial charge in [-0.15, -0.1) is 0 Å². The van der Waals surface area contributed by atoms with Gasteiger partial charge in [-0.2, -0.15) is 0 Å². The Labute approximate surface area is 89.2 Å². The molecule has 0 aliphatic carbocycles. The van der Waals surface area contributed by atoms with Crippen molar-refractivity contribution in [3.8, 4) is 0 Å². The lowest BCUT2D eigenvalue weighted by Gasteiger charge is -2.13. The molecule has 3 heteroatoms. The quantitative estimate of drug-likeness (QED) is 0.692. The Bertz CT molecular complexity index is 356.